The van der Waals surface area contributed by atoms with Crippen molar-refractivity contribution in [3.63, 3.8) is 0 Å². The number of hydrogen-bond donors (Lipinski definition) is 1. The fraction of sp³-hybridized carbons (Fsp3) is 0.444. The van der Waals surface area contributed by atoms with Gasteiger partial charge in [0, 0.05) is 19.5 Å². The van der Waals surface area contributed by atoms with Gasteiger partial charge in [-0.3, -0.25) is 19.0 Å². The molecule has 3 rings (SSSR count). The predicted molar refractivity (Wildman–Crippen MR) is 92.2 cm³/mol. The molecular formula is C18H21N3O4. The number of carboxylic acids is 1. The molecule has 1 aromatic carbocycles. The molecule has 0 radical (unpaired) electrons. The van der Waals surface area contributed by atoms with Crippen LogP contribution in [0, 0.1) is 5.92 Å². The first-order valence-electron chi connectivity index (χ1n) is 8.48. The average molecular weight is 343 g/mol. The number of nitrogens with zero attached hydrogens (tertiary/aromatic N) is 3. The predicted octanol–water partition coefficient (Wildman–Crippen LogP) is 1.50. The molecule has 1 aromatic heterocycles. The van der Waals surface area contributed by atoms with Gasteiger partial charge in [-0.25, -0.2) is 4.98 Å². The van der Waals surface area contributed by atoms with Crippen molar-refractivity contribution in [3.05, 3.63) is 40.9 Å². The van der Waals surface area contributed by atoms with Crippen LogP contribution in [0.4, 0.5) is 0 Å². The normalized spacial score (nSPS) is 17.6. The molecule has 7 heteroatoms. The maximum absolute atomic E-state index is 12.6. The fourth-order valence-electron chi connectivity index (χ4n) is 3.32. The smallest absolute Gasteiger partial charge is 0.303 e. The Labute approximate surface area is 144 Å². The molecule has 25 heavy (non-hydrogen) atoms. The van der Waals surface area contributed by atoms with Crippen molar-refractivity contribution in [1.29, 1.82) is 0 Å². The monoisotopic (exact) mass is 343 g/mol. The van der Waals surface area contributed by atoms with Gasteiger partial charge in [0.05, 0.1) is 17.2 Å². The number of carboxylic acid groups (broad SMARTS) is 1. The topological polar surface area (TPSA) is 92.5 Å². The number of rotatable bonds is 5. The number of fused-ring (bicyclic) bond motifs is 1. The second kappa shape index (κ2) is 7.46. The summed E-state index contributed by atoms with van der Waals surface area (Å²) >= 11 is 0. The molecule has 0 bridgehead atoms. The van der Waals surface area contributed by atoms with E-state index in [-0.39, 0.29) is 30.3 Å². The minimum absolute atomic E-state index is 0.0394. The molecule has 0 spiro atoms. The third kappa shape index (κ3) is 4.04. The quantitative estimate of drug-likeness (QED) is 0.888. The molecule has 2 aromatic rings. The minimum Gasteiger partial charge on any atom is -0.481 e. The van der Waals surface area contributed by atoms with Gasteiger partial charge in [0.15, 0.2) is 0 Å². The van der Waals surface area contributed by atoms with Crippen molar-refractivity contribution >= 4 is 22.8 Å². The van der Waals surface area contributed by atoms with Crippen molar-refractivity contribution in [2.75, 3.05) is 13.1 Å². The SMILES string of the molecule is O=C(O)CC[C@@H]1CCCN(C(=O)Cn2cnc3ccccc3c2=O)C1. The van der Waals surface area contributed by atoms with Crippen LogP contribution >= 0.6 is 0 Å². The Morgan fingerprint density at radius 1 is 1.28 bits per heavy atom. The highest BCUT2D eigenvalue weighted by Gasteiger charge is 2.24. The number of amides is 1. The molecule has 2 heterocycles. The lowest BCUT2D eigenvalue weighted by Gasteiger charge is -2.32. The first-order valence-corrected chi connectivity index (χ1v) is 8.48. The summed E-state index contributed by atoms with van der Waals surface area (Å²) in [4.78, 5) is 41.7. The molecule has 1 atom stereocenters. The minimum atomic E-state index is -0.808. The van der Waals surface area contributed by atoms with Gasteiger partial charge in [0.25, 0.3) is 5.56 Å². The summed E-state index contributed by atoms with van der Waals surface area (Å²) in [5.41, 5.74) is 0.390. The molecule has 1 N–H and O–H groups in total. The number of benzene rings is 1. The van der Waals surface area contributed by atoms with E-state index in [0.29, 0.717) is 30.4 Å². The number of hydrogen-bond acceptors (Lipinski definition) is 4. The Balaban J connectivity index is 1.68. The maximum Gasteiger partial charge on any atom is 0.303 e. The third-order valence-corrected chi connectivity index (χ3v) is 4.68. The number of likely N-dealkylation sites (tertiary alicyclic amines) is 1. The first kappa shape index (κ1) is 17.1. The molecule has 1 aliphatic heterocycles. The van der Waals surface area contributed by atoms with E-state index in [9.17, 15) is 14.4 Å². The Morgan fingerprint density at radius 2 is 2.08 bits per heavy atom. The van der Waals surface area contributed by atoms with Gasteiger partial charge in [-0.15, -0.1) is 0 Å². The first-order chi connectivity index (χ1) is 12.0. The van der Waals surface area contributed by atoms with Gasteiger partial charge in [-0.05, 0) is 37.3 Å². The molecule has 1 amide bonds. The molecule has 0 unspecified atom stereocenters. The zero-order valence-electron chi connectivity index (χ0n) is 13.9. The lowest BCUT2D eigenvalue weighted by atomic mass is 9.93. The standard InChI is InChI=1S/C18H21N3O4/c22-16(20-9-3-4-13(10-20)7-8-17(23)24)11-21-12-19-15-6-2-1-5-14(15)18(21)25/h1-2,5-6,12-13H,3-4,7-11H2,(H,23,24)/t13-/m0/s1. The van der Waals surface area contributed by atoms with Gasteiger partial charge in [0.1, 0.15) is 6.54 Å². The van der Waals surface area contributed by atoms with E-state index in [1.54, 1.807) is 23.1 Å². The van der Waals surface area contributed by atoms with Crippen LogP contribution in [0.25, 0.3) is 10.9 Å². The van der Waals surface area contributed by atoms with E-state index >= 15 is 0 Å². The van der Waals surface area contributed by atoms with Crippen LogP contribution in [0.2, 0.25) is 0 Å². The van der Waals surface area contributed by atoms with Gasteiger partial charge in [-0.1, -0.05) is 12.1 Å². The van der Waals surface area contributed by atoms with E-state index in [1.807, 2.05) is 6.07 Å². The highest BCUT2D eigenvalue weighted by molar-refractivity contribution is 5.79. The lowest BCUT2D eigenvalue weighted by molar-refractivity contribution is -0.137. The van der Waals surface area contributed by atoms with Crippen LogP contribution in [-0.4, -0.2) is 44.5 Å². The highest BCUT2D eigenvalue weighted by Crippen LogP contribution is 2.21. The number of para-hydroxylation sites is 1. The average Bonchev–Trinajstić information content (AvgIpc) is 2.62. The summed E-state index contributed by atoms with van der Waals surface area (Å²) < 4.78 is 1.34. The van der Waals surface area contributed by atoms with Crippen LogP contribution in [0.5, 0.6) is 0 Å². The van der Waals surface area contributed by atoms with Crippen LogP contribution in [0.1, 0.15) is 25.7 Å². The number of piperidine rings is 1. The maximum atomic E-state index is 12.6. The summed E-state index contributed by atoms with van der Waals surface area (Å²) in [5.74, 6) is -0.725. The van der Waals surface area contributed by atoms with E-state index in [1.165, 1.54) is 10.9 Å². The fourth-order valence-corrected chi connectivity index (χ4v) is 3.32. The van der Waals surface area contributed by atoms with E-state index in [0.717, 1.165) is 12.8 Å². The Kier molecular flexibility index (Phi) is 5.11. The van der Waals surface area contributed by atoms with Crippen molar-refractivity contribution in [2.24, 2.45) is 5.92 Å². The number of aliphatic carboxylic acids is 1. The summed E-state index contributed by atoms with van der Waals surface area (Å²) in [6.07, 6.45) is 3.92. The zero-order chi connectivity index (χ0) is 17.8. The molecule has 1 aliphatic rings. The Hall–Kier alpha value is -2.70. The summed E-state index contributed by atoms with van der Waals surface area (Å²) in [7, 11) is 0. The third-order valence-electron chi connectivity index (χ3n) is 4.68. The molecular weight excluding hydrogens is 322 g/mol. The Morgan fingerprint density at radius 3 is 2.88 bits per heavy atom. The van der Waals surface area contributed by atoms with Crippen LogP contribution in [-0.2, 0) is 16.1 Å². The molecule has 0 aliphatic carbocycles. The van der Waals surface area contributed by atoms with Crippen molar-refractivity contribution in [3.8, 4) is 0 Å². The van der Waals surface area contributed by atoms with Crippen LogP contribution in [0.15, 0.2) is 35.4 Å². The lowest BCUT2D eigenvalue weighted by Crippen LogP contribution is -2.42. The second-order valence-corrected chi connectivity index (χ2v) is 6.48. The number of aromatic nitrogens is 2. The molecule has 7 nitrogen and oxygen atoms in total. The summed E-state index contributed by atoms with van der Waals surface area (Å²) in [6, 6.07) is 7.06. The van der Waals surface area contributed by atoms with Crippen molar-refractivity contribution < 1.29 is 14.7 Å². The van der Waals surface area contributed by atoms with Crippen molar-refractivity contribution in [2.45, 2.75) is 32.2 Å². The Bertz CT molecular complexity index is 846. The van der Waals surface area contributed by atoms with E-state index in [2.05, 4.69) is 4.98 Å². The molecule has 1 saturated heterocycles. The van der Waals surface area contributed by atoms with Crippen molar-refractivity contribution in [1.82, 2.24) is 14.5 Å². The number of carbonyl (C=O) groups excluding carboxylic acids is 1. The highest BCUT2D eigenvalue weighted by atomic mass is 16.4. The zero-order valence-corrected chi connectivity index (χ0v) is 13.9. The largest absolute Gasteiger partial charge is 0.481 e. The van der Waals surface area contributed by atoms with E-state index in [4.69, 9.17) is 5.11 Å². The van der Waals surface area contributed by atoms with Crippen LogP contribution < -0.4 is 5.56 Å². The second-order valence-electron chi connectivity index (χ2n) is 6.48. The summed E-state index contributed by atoms with van der Waals surface area (Å²) in [6.45, 7) is 1.17. The molecule has 1 fully saturated rings. The van der Waals surface area contributed by atoms with E-state index < -0.39 is 5.97 Å². The van der Waals surface area contributed by atoms with Gasteiger partial charge < -0.3 is 10.0 Å². The number of carbonyl (C=O) groups is 2. The van der Waals surface area contributed by atoms with Gasteiger partial charge in [-0.2, -0.15) is 0 Å². The summed E-state index contributed by atoms with van der Waals surface area (Å²) in [5, 5.41) is 9.30. The van der Waals surface area contributed by atoms with Crippen LogP contribution in [0.3, 0.4) is 0 Å². The molecule has 132 valence electrons. The van der Waals surface area contributed by atoms with Gasteiger partial charge >= 0.3 is 5.97 Å². The molecule has 0 saturated carbocycles. The van der Waals surface area contributed by atoms with Gasteiger partial charge in [0.2, 0.25) is 5.91 Å².